The maximum Gasteiger partial charge on any atom is 0.314 e. The molecular formula is C22H18F3N3O3. The molecular weight excluding hydrogens is 411 g/mol. The Morgan fingerprint density at radius 3 is 2.48 bits per heavy atom. The fraction of sp³-hybridized carbons (Fsp3) is 0.318. The van der Waals surface area contributed by atoms with Crippen LogP contribution in [0.3, 0.4) is 0 Å². The average Bonchev–Trinajstić information content (AvgIpc) is 3.40. The Morgan fingerprint density at radius 2 is 1.84 bits per heavy atom. The number of hydrogen-bond donors (Lipinski definition) is 1. The van der Waals surface area contributed by atoms with Crippen LogP contribution < -0.4 is 0 Å². The number of halogens is 3. The molecule has 1 aliphatic carbocycles. The number of benzene rings is 2. The molecule has 6 nitrogen and oxygen atoms in total. The summed E-state index contributed by atoms with van der Waals surface area (Å²) in [6, 6.07) is 10.0. The standard InChI is InChI=1S/C22H18F3N3O3/c23-15-7-5-11(6-8-15)17(18(29)12-1-2-12)28-10-14-4-3-13(9-16(14)22(28)30)20-26-27-21(31-20)19(24)25/h3-9,12,17-19,29H,1-2,10H2/t17?,18-/m1/s1. The number of aromatic nitrogens is 2. The number of carbonyl (C=O) groups is 1. The molecule has 31 heavy (non-hydrogen) atoms. The van der Waals surface area contributed by atoms with Crippen molar-refractivity contribution >= 4 is 5.91 Å². The van der Waals surface area contributed by atoms with Crippen molar-refractivity contribution in [2.45, 2.75) is 38.0 Å². The molecule has 2 aliphatic rings. The van der Waals surface area contributed by atoms with Crippen LogP contribution in [-0.4, -0.2) is 32.2 Å². The van der Waals surface area contributed by atoms with Crippen LogP contribution in [-0.2, 0) is 6.54 Å². The summed E-state index contributed by atoms with van der Waals surface area (Å²) in [4.78, 5) is 14.8. The van der Waals surface area contributed by atoms with Gasteiger partial charge < -0.3 is 14.4 Å². The number of alkyl halides is 2. The van der Waals surface area contributed by atoms with Crippen molar-refractivity contribution < 1.29 is 27.5 Å². The lowest BCUT2D eigenvalue weighted by molar-refractivity contribution is 0.0282. The van der Waals surface area contributed by atoms with Gasteiger partial charge in [-0.3, -0.25) is 4.79 Å². The molecule has 1 saturated carbocycles. The molecule has 0 radical (unpaired) electrons. The highest BCUT2D eigenvalue weighted by molar-refractivity contribution is 5.99. The van der Waals surface area contributed by atoms with E-state index >= 15 is 0 Å². The molecule has 1 N–H and O–H groups in total. The molecule has 160 valence electrons. The van der Waals surface area contributed by atoms with Crippen molar-refractivity contribution in [1.29, 1.82) is 0 Å². The van der Waals surface area contributed by atoms with Crippen LogP contribution >= 0.6 is 0 Å². The number of fused-ring (bicyclic) bond motifs is 1. The fourth-order valence-corrected chi connectivity index (χ4v) is 4.04. The summed E-state index contributed by atoms with van der Waals surface area (Å²) in [5.41, 5.74) is 2.12. The fourth-order valence-electron chi connectivity index (χ4n) is 4.04. The lowest BCUT2D eigenvalue weighted by Crippen LogP contribution is -2.38. The predicted octanol–water partition coefficient (Wildman–Crippen LogP) is 4.28. The number of aliphatic hydroxyl groups excluding tert-OH is 1. The van der Waals surface area contributed by atoms with E-state index in [0.29, 0.717) is 16.7 Å². The van der Waals surface area contributed by atoms with Crippen molar-refractivity contribution in [3.8, 4) is 11.5 Å². The maximum absolute atomic E-state index is 13.4. The molecule has 5 rings (SSSR count). The number of hydrogen-bond acceptors (Lipinski definition) is 5. The summed E-state index contributed by atoms with van der Waals surface area (Å²) in [5, 5.41) is 17.9. The van der Waals surface area contributed by atoms with Gasteiger partial charge in [0.1, 0.15) is 5.82 Å². The predicted molar refractivity (Wildman–Crippen MR) is 102 cm³/mol. The lowest BCUT2D eigenvalue weighted by Gasteiger charge is -2.32. The van der Waals surface area contributed by atoms with E-state index in [4.69, 9.17) is 4.42 Å². The Bertz CT molecular complexity index is 1130. The quantitative estimate of drug-likeness (QED) is 0.633. The van der Waals surface area contributed by atoms with Crippen LogP contribution in [0.5, 0.6) is 0 Å². The smallest absolute Gasteiger partial charge is 0.314 e. The number of carbonyl (C=O) groups excluding carboxylic acids is 1. The van der Waals surface area contributed by atoms with Gasteiger partial charge >= 0.3 is 6.43 Å². The topological polar surface area (TPSA) is 79.5 Å². The Morgan fingerprint density at radius 1 is 1.10 bits per heavy atom. The minimum Gasteiger partial charge on any atom is -0.415 e. The van der Waals surface area contributed by atoms with Gasteiger partial charge in [0, 0.05) is 17.7 Å². The molecule has 2 atom stereocenters. The van der Waals surface area contributed by atoms with Gasteiger partial charge in [-0.15, -0.1) is 10.2 Å². The summed E-state index contributed by atoms with van der Waals surface area (Å²) in [6.07, 6.45) is -1.90. The Labute approximate surface area is 175 Å². The van der Waals surface area contributed by atoms with Crippen molar-refractivity contribution in [2.75, 3.05) is 0 Å². The minimum atomic E-state index is -2.88. The third-order valence-corrected chi connectivity index (χ3v) is 5.79. The van der Waals surface area contributed by atoms with Crippen LogP contribution in [0, 0.1) is 11.7 Å². The first-order chi connectivity index (χ1) is 14.9. The van der Waals surface area contributed by atoms with Crippen LogP contribution in [0.4, 0.5) is 13.2 Å². The zero-order valence-electron chi connectivity index (χ0n) is 16.2. The average molecular weight is 429 g/mol. The third kappa shape index (κ3) is 3.59. The van der Waals surface area contributed by atoms with E-state index in [1.54, 1.807) is 29.2 Å². The molecule has 9 heteroatoms. The summed E-state index contributed by atoms with van der Waals surface area (Å²) >= 11 is 0. The van der Waals surface area contributed by atoms with Crippen molar-refractivity contribution in [1.82, 2.24) is 15.1 Å². The Hall–Kier alpha value is -3.20. The SMILES string of the molecule is O=C1c2cc(-c3nnc(C(F)F)o3)ccc2CN1C(c1ccc(F)cc1)[C@H](O)C1CC1. The molecule has 1 unspecified atom stereocenters. The Kier molecular flexibility index (Phi) is 4.77. The van der Waals surface area contributed by atoms with Gasteiger partial charge in [0.15, 0.2) is 0 Å². The zero-order chi connectivity index (χ0) is 21.7. The third-order valence-electron chi connectivity index (χ3n) is 5.79. The maximum atomic E-state index is 13.4. The molecule has 1 aliphatic heterocycles. The second-order valence-electron chi connectivity index (χ2n) is 7.88. The first-order valence-corrected chi connectivity index (χ1v) is 9.91. The van der Waals surface area contributed by atoms with Crippen molar-refractivity contribution in [2.24, 2.45) is 5.92 Å². The van der Waals surface area contributed by atoms with E-state index in [1.165, 1.54) is 18.2 Å². The number of rotatable bonds is 6. The van der Waals surface area contributed by atoms with E-state index in [0.717, 1.165) is 18.4 Å². The largest absolute Gasteiger partial charge is 0.415 e. The summed E-state index contributed by atoms with van der Waals surface area (Å²) in [7, 11) is 0. The second kappa shape index (κ2) is 7.49. The normalized spacial score (nSPS) is 17.8. The molecule has 2 heterocycles. The summed E-state index contributed by atoms with van der Waals surface area (Å²) < 4.78 is 43.9. The van der Waals surface area contributed by atoms with Gasteiger partial charge in [0.25, 0.3) is 11.8 Å². The van der Waals surface area contributed by atoms with Gasteiger partial charge in [0.05, 0.1) is 12.1 Å². The van der Waals surface area contributed by atoms with Gasteiger partial charge in [-0.25, -0.2) is 4.39 Å². The van der Waals surface area contributed by atoms with Gasteiger partial charge in [-0.05, 0) is 54.2 Å². The molecule has 0 saturated heterocycles. The highest BCUT2D eigenvalue weighted by Gasteiger charge is 2.43. The van der Waals surface area contributed by atoms with E-state index < -0.39 is 30.3 Å². The molecule has 1 aromatic heterocycles. The molecule has 3 aromatic rings. The summed E-state index contributed by atoms with van der Waals surface area (Å²) in [5.74, 6) is -1.50. The zero-order valence-corrected chi connectivity index (χ0v) is 16.2. The molecule has 0 bridgehead atoms. The number of nitrogens with zero attached hydrogens (tertiary/aromatic N) is 3. The van der Waals surface area contributed by atoms with E-state index in [-0.39, 0.29) is 24.3 Å². The van der Waals surface area contributed by atoms with E-state index in [2.05, 4.69) is 10.2 Å². The van der Waals surface area contributed by atoms with E-state index in [1.807, 2.05) is 0 Å². The molecule has 1 fully saturated rings. The molecule has 2 aromatic carbocycles. The van der Waals surface area contributed by atoms with Crippen LogP contribution in [0.25, 0.3) is 11.5 Å². The van der Waals surface area contributed by atoms with Gasteiger partial charge in [-0.1, -0.05) is 18.2 Å². The monoisotopic (exact) mass is 429 g/mol. The number of aliphatic hydroxyl groups is 1. The van der Waals surface area contributed by atoms with Crippen molar-refractivity contribution in [3.05, 3.63) is 70.9 Å². The van der Waals surface area contributed by atoms with Crippen LogP contribution in [0.15, 0.2) is 46.9 Å². The number of amides is 1. The van der Waals surface area contributed by atoms with Gasteiger partial charge in [-0.2, -0.15) is 8.78 Å². The Balaban J connectivity index is 1.47. The highest BCUT2D eigenvalue weighted by atomic mass is 19.3. The second-order valence-corrected chi connectivity index (χ2v) is 7.88. The lowest BCUT2D eigenvalue weighted by atomic mass is 9.96. The van der Waals surface area contributed by atoms with Crippen molar-refractivity contribution in [3.63, 3.8) is 0 Å². The first-order valence-electron chi connectivity index (χ1n) is 9.91. The highest BCUT2D eigenvalue weighted by Crippen LogP contribution is 2.43. The van der Waals surface area contributed by atoms with Gasteiger partial charge in [0.2, 0.25) is 5.89 Å². The minimum absolute atomic E-state index is 0.0910. The van der Waals surface area contributed by atoms with Crippen LogP contribution in [0.1, 0.15) is 52.7 Å². The first kappa shape index (κ1) is 19.7. The van der Waals surface area contributed by atoms with E-state index in [9.17, 15) is 23.1 Å². The summed E-state index contributed by atoms with van der Waals surface area (Å²) in [6.45, 7) is 0.270. The van der Waals surface area contributed by atoms with Crippen LogP contribution in [0.2, 0.25) is 0 Å². The molecule has 1 amide bonds. The molecule has 0 spiro atoms.